The van der Waals surface area contributed by atoms with Crippen LogP contribution in [0, 0.1) is 0 Å². The fourth-order valence-corrected chi connectivity index (χ4v) is 3.35. The van der Waals surface area contributed by atoms with Gasteiger partial charge in [0.25, 0.3) is 0 Å². The second-order valence-electron chi connectivity index (χ2n) is 5.43. The van der Waals surface area contributed by atoms with E-state index in [2.05, 4.69) is 15.0 Å². The van der Waals surface area contributed by atoms with E-state index < -0.39 is 0 Å². The Balaban J connectivity index is 1.55. The Labute approximate surface area is 149 Å². The minimum atomic E-state index is 0.727. The van der Waals surface area contributed by atoms with Crippen molar-refractivity contribution in [3.05, 3.63) is 71.5 Å². The fourth-order valence-electron chi connectivity index (χ4n) is 2.45. The molecule has 4 nitrogen and oxygen atoms in total. The van der Waals surface area contributed by atoms with E-state index in [1.807, 2.05) is 73.1 Å². The monoisotopic (exact) mass is 345 g/mol. The largest absolute Gasteiger partial charge is 0.497 e. The molecule has 0 aliphatic carbocycles. The molecule has 0 bridgehead atoms. The molecule has 25 heavy (non-hydrogen) atoms. The van der Waals surface area contributed by atoms with E-state index in [0.29, 0.717) is 0 Å². The summed E-state index contributed by atoms with van der Waals surface area (Å²) in [5.41, 5.74) is 2.93. The molecule has 0 radical (unpaired) electrons. The van der Waals surface area contributed by atoms with E-state index in [0.717, 1.165) is 37.9 Å². The van der Waals surface area contributed by atoms with Gasteiger partial charge in [-0.1, -0.05) is 30.3 Å². The minimum Gasteiger partial charge on any atom is -0.497 e. The summed E-state index contributed by atoms with van der Waals surface area (Å²) in [4.78, 5) is 13.5. The molecule has 2 aromatic carbocycles. The average molecular weight is 345 g/mol. The van der Waals surface area contributed by atoms with Crippen molar-refractivity contribution < 1.29 is 4.74 Å². The quantitative estimate of drug-likeness (QED) is 0.526. The van der Waals surface area contributed by atoms with Crippen LogP contribution in [0.1, 0.15) is 10.6 Å². The van der Waals surface area contributed by atoms with Crippen LogP contribution in [0.5, 0.6) is 5.75 Å². The van der Waals surface area contributed by atoms with Crippen LogP contribution in [-0.2, 0) is 0 Å². The van der Waals surface area contributed by atoms with Crippen molar-refractivity contribution in [2.75, 3.05) is 7.11 Å². The Morgan fingerprint density at radius 3 is 2.52 bits per heavy atom. The summed E-state index contributed by atoms with van der Waals surface area (Å²) in [6.07, 6.45) is 7.60. The third-order valence-electron chi connectivity index (χ3n) is 3.73. The van der Waals surface area contributed by atoms with Crippen LogP contribution in [0.2, 0.25) is 0 Å². The topological polar surface area (TPSA) is 47.9 Å². The lowest BCUT2D eigenvalue weighted by molar-refractivity contribution is 0.415. The highest BCUT2D eigenvalue weighted by atomic mass is 32.1. The highest BCUT2D eigenvalue weighted by molar-refractivity contribution is 7.19. The summed E-state index contributed by atoms with van der Waals surface area (Å²) in [6, 6.07) is 15.8. The Kier molecular flexibility index (Phi) is 4.23. The Morgan fingerprint density at radius 1 is 0.960 bits per heavy atom. The zero-order chi connectivity index (χ0) is 17.1. The second kappa shape index (κ2) is 6.83. The Hall–Kier alpha value is -3.05. The van der Waals surface area contributed by atoms with Gasteiger partial charge in [0, 0.05) is 23.5 Å². The third-order valence-corrected chi connectivity index (χ3v) is 4.72. The van der Waals surface area contributed by atoms with E-state index in [9.17, 15) is 0 Å². The lowest BCUT2D eigenvalue weighted by Gasteiger charge is -1.99. The predicted molar refractivity (Wildman–Crippen MR) is 103 cm³/mol. The van der Waals surface area contributed by atoms with Gasteiger partial charge in [-0.3, -0.25) is 0 Å². The van der Waals surface area contributed by atoms with Gasteiger partial charge in [-0.15, -0.1) is 11.3 Å². The van der Waals surface area contributed by atoms with E-state index in [4.69, 9.17) is 4.74 Å². The number of rotatable bonds is 4. The van der Waals surface area contributed by atoms with Gasteiger partial charge < -0.3 is 4.74 Å². The number of benzene rings is 2. The van der Waals surface area contributed by atoms with Crippen molar-refractivity contribution in [2.24, 2.45) is 0 Å². The summed E-state index contributed by atoms with van der Waals surface area (Å²) < 4.78 is 6.36. The SMILES string of the molecule is COc1ccc2nc(C=Cc3cnc(-c4ccccc4)nc3)sc2c1. The number of nitrogens with zero attached hydrogens (tertiary/aromatic N) is 3. The number of hydrogen-bond acceptors (Lipinski definition) is 5. The van der Waals surface area contributed by atoms with Crippen LogP contribution in [0.25, 0.3) is 33.8 Å². The first-order valence-electron chi connectivity index (χ1n) is 7.82. The number of fused-ring (bicyclic) bond motifs is 1. The molecule has 122 valence electrons. The molecule has 0 saturated heterocycles. The van der Waals surface area contributed by atoms with E-state index in [1.54, 1.807) is 18.4 Å². The molecular weight excluding hydrogens is 330 g/mol. The van der Waals surface area contributed by atoms with Crippen molar-refractivity contribution in [1.29, 1.82) is 0 Å². The zero-order valence-electron chi connectivity index (χ0n) is 13.6. The van der Waals surface area contributed by atoms with Crippen LogP contribution < -0.4 is 4.74 Å². The van der Waals surface area contributed by atoms with Gasteiger partial charge >= 0.3 is 0 Å². The van der Waals surface area contributed by atoms with Crippen molar-refractivity contribution in [2.45, 2.75) is 0 Å². The molecule has 0 N–H and O–H groups in total. The van der Waals surface area contributed by atoms with Crippen molar-refractivity contribution in [3.63, 3.8) is 0 Å². The van der Waals surface area contributed by atoms with Gasteiger partial charge in [-0.2, -0.15) is 0 Å². The van der Waals surface area contributed by atoms with Crippen molar-refractivity contribution in [3.8, 4) is 17.1 Å². The number of hydrogen-bond donors (Lipinski definition) is 0. The Morgan fingerprint density at radius 2 is 1.76 bits per heavy atom. The van der Waals surface area contributed by atoms with Crippen LogP contribution in [-0.4, -0.2) is 22.1 Å². The summed E-state index contributed by atoms with van der Waals surface area (Å²) in [5.74, 6) is 1.57. The highest BCUT2D eigenvalue weighted by Gasteiger charge is 2.03. The van der Waals surface area contributed by atoms with E-state index in [-0.39, 0.29) is 0 Å². The lowest BCUT2D eigenvalue weighted by Crippen LogP contribution is -1.88. The number of methoxy groups -OCH3 is 1. The number of ether oxygens (including phenoxy) is 1. The van der Waals surface area contributed by atoms with E-state index >= 15 is 0 Å². The molecule has 4 rings (SSSR count). The molecule has 5 heteroatoms. The molecule has 2 heterocycles. The number of thiazole rings is 1. The van der Waals surface area contributed by atoms with Gasteiger partial charge in [0.1, 0.15) is 10.8 Å². The first-order valence-corrected chi connectivity index (χ1v) is 8.63. The lowest BCUT2D eigenvalue weighted by atomic mass is 10.2. The maximum atomic E-state index is 5.25. The minimum absolute atomic E-state index is 0.727. The van der Waals surface area contributed by atoms with Crippen LogP contribution >= 0.6 is 11.3 Å². The van der Waals surface area contributed by atoms with Gasteiger partial charge in [-0.25, -0.2) is 15.0 Å². The van der Waals surface area contributed by atoms with Crippen LogP contribution in [0.3, 0.4) is 0 Å². The second-order valence-corrected chi connectivity index (χ2v) is 6.49. The van der Waals surface area contributed by atoms with Crippen LogP contribution in [0.15, 0.2) is 60.9 Å². The third kappa shape index (κ3) is 3.41. The van der Waals surface area contributed by atoms with Crippen LogP contribution in [0.4, 0.5) is 0 Å². The molecule has 2 aromatic heterocycles. The average Bonchev–Trinajstić information content (AvgIpc) is 3.09. The number of aromatic nitrogens is 3. The molecule has 0 atom stereocenters. The molecule has 0 unspecified atom stereocenters. The maximum absolute atomic E-state index is 5.25. The standard InChI is InChI=1S/C20H15N3OS/c1-24-16-8-9-17-18(11-16)25-19(23-17)10-7-14-12-21-20(22-13-14)15-5-3-2-4-6-15/h2-13H,1H3. The van der Waals surface area contributed by atoms with Gasteiger partial charge in [0.05, 0.1) is 17.3 Å². The Bertz CT molecular complexity index is 1020. The normalized spacial score (nSPS) is 11.2. The first kappa shape index (κ1) is 15.5. The van der Waals surface area contributed by atoms with Gasteiger partial charge in [-0.05, 0) is 30.4 Å². The molecule has 0 aliphatic rings. The highest BCUT2D eigenvalue weighted by Crippen LogP contribution is 2.27. The molecule has 0 aliphatic heterocycles. The van der Waals surface area contributed by atoms with Crippen molar-refractivity contribution in [1.82, 2.24) is 15.0 Å². The summed E-state index contributed by atoms with van der Waals surface area (Å²) >= 11 is 1.63. The molecule has 0 saturated carbocycles. The predicted octanol–water partition coefficient (Wildman–Crippen LogP) is 4.93. The van der Waals surface area contributed by atoms with Gasteiger partial charge in [0.2, 0.25) is 0 Å². The summed E-state index contributed by atoms with van der Waals surface area (Å²) in [7, 11) is 1.67. The molecule has 0 fully saturated rings. The molecule has 0 amide bonds. The molecule has 4 aromatic rings. The summed E-state index contributed by atoms with van der Waals surface area (Å²) in [5, 5.41) is 0.940. The molecular formula is C20H15N3OS. The van der Waals surface area contributed by atoms with E-state index in [1.165, 1.54) is 0 Å². The molecule has 0 spiro atoms. The maximum Gasteiger partial charge on any atom is 0.159 e. The zero-order valence-corrected chi connectivity index (χ0v) is 14.4. The van der Waals surface area contributed by atoms with Crippen molar-refractivity contribution >= 4 is 33.7 Å². The smallest absolute Gasteiger partial charge is 0.159 e. The van der Waals surface area contributed by atoms with Gasteiger partial charge in [0.15, 0.2) is 5.82 Å². The fraction of sp³-hybridized carbons (Fsp3) is 0.0500. The summed E-state index contributed by atoms with van der Waals surface area (Å²) in [6.45, 7) is 0. The first-order chi connectivity index (χ1) is 12.3.